The summed E-state index contributed by atoms with van der Waals surface area (Å²) in [4.78, 5) is 22.5. The number of carbonyl (C=O) groups is 1. The highest BCUT2D eigenvalue weighted by Crippen LogP contribution is 2.47. The number of aromatic hydroxyl groups is 1. The molecule has 292 valence electrons. The van der Waals surface area contributed by atoms with Crippen LogP contribution in [-0.2, 0) is 16.0 Å². The number of phenolic OH excluding ortho intramolecular Hbond substituents is 1. The number of rotatable bonds is 11. The van der Waals surface area contributed by atoms with E-state index in [0.717, 1.165) is 25.7 Å². The van der Waals surface area contributed by atoms with Gasteiger partial charge < -0.3 is 25.2 Å². The molecule has 1 aromatic heterocycles. The Kier molecular flexibility index (Phi) is 10.8. The second-order valence-corrected chi connectivity index (χ2v) is 15.1. The second kappa shape index (κ2) is 15.4. The number of anilines is 1. The van der Waals surface area contributed by atoms with Crippen LogP contribution < -0.4 is 15.4 Å². The fourth-order valence-corrected chi connectivity index (χ4v) is 8.86. The first-order valence-electron chi connectivity index (χ1n) is 18.7. The minimum atomic E-state index is -4.83. The number of nitrogens with zero attached hydrogens (tertiary/aromatic N) is 3. The minimum Gasteiger partial charge on any atom is -0.508 e. The zero-order valence-corrected chi connectivity index (χ0v) is 30.4. The Hall–Kier alpha value is -4.74. The first-order valence-corrected chi connectivity index (χ1v) is 18.7. The van der Waals surface area contributed by atoms with Gasteiger partial charge in [-0.25, -0.2) is 8.78 Å². The molecule has 3 heterocycles. The molecule has 3 aromatic rings. The maximum absolute atomic E-state index is 15.2. The first kappa shape index (κ1) is 38.5. The highest BCUT2D eigenvalue weighted by atomic mass is 19.4. The van der Waals surface area contributed by atoms with E-state index in [1.165, 1.54) is 35.2 Å². The number of amides is 1. The highest BCUT2D eigenvalue weighted by Gasteiger charge is 2.65. The predicted molar refractivity (Wildman–Crippen MR) is 199 cm³/mol. The molecule has 7 rings (SSSR count). The zero-order valence-electron chi connectivity index (χ0n) is 30.4. The van der Waals surface area contributed by atoms with Crippen molar-refractivity contribution in [2.75, 3.05) is 44.8 Å². The van der Waals surface area contributed by atoms with Crippen LogP contribution in [0.3, 0.4) is 0 Å². The summed E-state index contributed by atoms with van der Waals surface area (Å²) in [6, 6.07) is 4.91. The number of phenols is 1. The van der Waals surface area contributed by atoms with Gasteiger partial charge in [0.15, 0.2) is 5.54 Å². The van der Waals surface area contributed by atoms with E-state index in [0.29, 0.717) is 77.8 Å². The van der Waals surface area contributed by atoms with Crippen molar-refractivity contribution in [2.45, 2.75) is 81.7 Å². The molecule has 0 bridgehead atoms. The molecule has 0 unspecified atom stereocenters. The minimum absolute atomic E-state index is 0.0351. The molecule has 2 aliphatic heterocycles. The van der Waals surface area contributed by atoms with E-state index < -0.39 is 42.8 Å². The monoisotopic (exact) mass is 765 g/mol. The summed E-state index contributed by atoms with van der Waals surface area (Å²) in [5.41, 5.74) is -0.682. The number of nitrogens with one attached hydrogen (secondary N) is 2. The number of fused-ring (bicyclic) bond motifs is 2. The third-order valence-electron chi connectivity index (χ3n) is 11.7. The van der Waals surface area contributed by atoms with Crippen LogP contribution in [0.1, 0.15) is 73.8 Å². The maximum Gasteiger partial charge on any atom is 0.410 e. The lowest BCUT2D eigenvalue weighted by Crippen LogP contribution is -2.62. The molecule has 4 aliphatic rings. The van der Waals surface area contributed by atoms with E-state index >= 15 is 17.6 Å². The Balaban J connectivity index is 1.28. The number of halogens is 5. The zero-order chi connectivity index (χ0) is 39.0. The smallest absolute Gasteiger partial charge is 0.410 e. The summed E-state index contributed by atoms with van der Waals surface area (Å²) < 4.78 is 86.8. The van der Waals surface area contributed by atoms with E-state index in [-0.39, 0.29) is 48.4 Å². The summed E-state index contributed by atoms with van der Waals surface area (Å²) in [6.07, 6.45) is 6.43. The Morgan fingerprint density at radius 2 is 1.93 bits per heavy atom. The molecule has 2 aliphatic carbocycles. The van der Waals surface area contributed by atoms with Gasteiger partial charge in [0, 0.05) is 61.7 Å². The highest BCUT2D eigenvalue weighted by molar-refractivity contribution is 6.02. The number of hydrogen-bond acceptors (Lipinski definition) is 8. The summed E-state index contributed by atoms with van der Waals surface area (Å²) in [5, 5.41) is 18.0. The fraction of sp³-hybridized carbons (Fsp3) is 0.488. The van der Waals surface area contributed by atoms with Gasteiger partial charge in [-0.1, -0.05) is 31.4 Å². The Labute approximate surface area is 316 Å². The number of allylic oxidation sites excluding steroid dienone is 1. The Bertz CT molecular complexity index is 2040. The van der Waals surface area contributed by atoms with Crippen LogP contribution in [0.15, 0.2) is 36.9 Å². The van der Waals surface area contributed by atoms with Crippen molar-refractivity contribution in [3.63, 3.8) is 0 Å². The average Bonchev–Trinajstić information content (AvgIpc) is 3.80. The molecule has 1 amide bonds. The van der Waals surface area contributed by atoms with Crippen molar-refractivity contribution in [3.05, 3.63) is 65.1 Å². The van der Waals surface area contributed by atoms with E-state index in [2.05, 4.69) is 33.1 Å². The summed E-state index contributed by atoms with van der Waals surface area (Å²) in [6.45, 7) is 3.60. The van der Waals surface area contributed by atoms with Crippen molar-refractivity contribution >= 4 is 34.1 Å². The number of ether oxygens (including phenoxy) is 2. The molecule has 2 saturated heterocycles. The van der Waals surface area contributed by atoms with Crippen LogP contribution in [-0.4, -0.2) is 89.3 Å². The van der Waals surface area contributed by atoms with Crippen LogP contribution in [0.5, 0.6) is 11.8 Å². The van der Waals surface area contributed by atoms with Gasteiger partial charge in [-0.05, 0) is 85.4 Å². The largest absolute Gasteiger partial charge is 0.508 e. The third kappa shape index (κ3) is 7.61. The molecular formula is C41H44F5N5O4. The molecule has 55 heavy (non-hydrogen) atoms. The quantitative estimate of drug-likeness (QED) is 0.108. The molecule has 1 saturated carbocycles. The summed E-state index contributed by atoms with van der Waals surface area (Å²) in [5.74, 6) is 1.86. The standard InChI is InChI=1S/C41H44F5N5O4/c1-3-30-33(43)10-8-26-17-29(52)19-32(36(26)30)25-7-9-31-34(18-25)49-38(50-37(31)48-23-39(13-5-6-14-39)22-47-35(53)4-2)55-24-40(41(44,45)46)20-27(42)21-51(40)28-11-15-54-16-12-28/h1,4,8,10,17-19,27-28,52H,2,5-7,9,11-16,20-24H2,(H,47,53)(H,48,49,50)/t27-,40+/m1/s1. The van der Waals surface area contributed by atoms with E-state index in [9.17, 15) is 14.3 Å². The van der Waals surface area contributed by atoms with Crippen molar-refractivity contribution in [3.8, 4) is 24.1 Å². The number of hydrogen-bond donors (Lipinski definition) is 3. The van der Waals surface area contributed by atoms with Gasteiger partial charge in [0.05, 0.1) is 11.3 Å². The molecule has 2 aromatic carbocycles. The van der Waals surface area contributed by atoms with Gasteiger partial charge in [-0.3, -0.25) is 9.69 Å². The van der Waals surface area contributed by atoms with Crippen molar-refractivity contribution in [1.29, 1.82) is 0 Å². The number of alkyl halides is 4. The topological polar surface area (TPSA) is 109 Å². The molecular weight excluding hydrogens is 721 g/mol. The average molecular weight is 766 g/mol. The van der Waals surface area contributed by atoms with Crippen LogP contribution in [0, 0.1) is 23.6 Å². The SMILES string of the molecule is C#Cc1c(F)ccc2cc(O)cc(C3=Cc4nc(OC[C@]5(C(F)(F)F)C[C@@H](F)CN5C5CCOCC5)nc(NCC5(CNC(=O)C=C)CCCC5)c4CC3)c12. The van der Waals surface area contributed by atoms with Crippen molar-refractivity contribution in [1.82, 2.24) is 20.2 Å². The molecule has 14 heteroatoms. The Morgan fingerprint density at radius 3 is 2.64 bits per heavy atom. The van der Waals surface area contributed by atoms with Crippen LogP contribution >= 0.6 is 0 Å². The van der Waals surface area contributed by atoms with E-state index in [1.54, 1.807) is 6.08 Å². The van der Waals surface area contributed by atoms with Crippen LogP contribution in [0.25, 0.3) is 22.4 Å². The van der Waals surface area contributed by atoms with Crippen LogP contribution in [0.4, 0.5) is 27.8 Å². The van der Waals surface area contributed by atoms with E-state index in [4.69, 9.17) is 15.9 Å². The number of terminal acetylenes is 1. The number of carbonyl (C=O) groups excluding carboxylic acids is 1. The lowest BCUT2D eigenvalue weighted by atomic mass is 9.85. The van der Waals surface area contributed by atoms with Gasteiger partial charge >= 0.3 is 12.2 Å². The van der Waals surface area contributed by atoms with Gasteiger partial charge in [0.2, 0.25) is 5.91 Å². The van der Waals surface area contributed by atoms with Crippen molar-refractivity contribution < 1.29 is 41.3 Å². The maximum atomic E-state index is 15.2. The molecule has 0 spiro atoms. The lowest BCUT2D eigenvalue weighted by Gasteiger charge is -2.44. The number of likely N-dealkylation sites (tertiary alicyclic amines) is 1. The normalized spacial score (nSPS) is 22.8. The van der Waals surface area contributed by atoms with Gasteiger partial charge in [0.1, 0.15) is 30.2 Å². The molecule has 9 nitrogen and oxygen atoms in total. The molecule has 3 N–H and O–H groups in total. The fourth-order valence-electron chi connectivity index (χ4n) is 8.86. The van der Waals surface area contributed by atoms with Gasteiger partial charge in [0.25, 0.3) is 0 Å². The lowest BCUT2D eigenvalue weighted by molar-refractivity contribution is -0.241. The summed E-state index contributed by atoms with van der Waals surface area (Å²) >= 11 is 0. The number of benzene rings is 2. The van der Waals surface area contributed by atoms with Crippen molar-refractivity contribution in [2.24, 2.45) is 5.41 Å². The van der Waals surface area contributed by atoms with Crippen LogP contribution in [0.2, 0.25) is 0 Å². The second-order valence-electron chi connectivity index (χ2n) is 15.1. The number of aromatic nitrogens is 2. The van der Waals surface area contributed by atoms with Gasteiger partial charge in [-0.2, -0.15) is 23.1 Å². The molecule has 2 atom stereocenters. The molecule has 3 fully saturated rings. The first-order chi connectivity index (χ1) is 26.3. The summed E-state index contributed by atoms with van der Waals surface area (Å²) in [7, 11) is 0. The third-order valence-corrected chi connectivity index (χ3v) is 11.7. The molecule has 0 radical (unpaired) electrons. The van der Waals surface area contributed by atoms with Gasteiger partial charge in [-0.15, -0.1) is 6.42 Å². The van der Waals surface area contributed by atoms with E-state index in [1.807, 2.05) is 0 Å². The Morgan fingerprint density at radius 1 is 1.16 bits per heavy atom. The predicted octanol–water partition coefficient (Wildman–Crippen LogP) is 7.12.